The molecule has 1 aliphatic carbocycles. The van der Waals surface area contributed by atoms with Crippen LogP contribution in [0, 0.1) is 13.8 Å². The number of fused-ring (bicyclic) bond motifs is 1. The summed E-state index contributed by atoms with van der Waals surface area (Å²) in [6, 6.07) is 9.58. The summed E-state index contributed by atoms with van der Waals surface area (Å²) in [5.41, 5.74) is 1.74. The molecular weight excluding hydrogens is 364 g/mol. The van der Waals surface area contributed by atoms with Crippen LogP contribution in [0.1, 0.15) is 36.1 Å². The summed E-state index contributed by atoms with van der Waals surface area (Å²) in [6.07, 6.45) is 3.51. The Morgan fingerprint density at radius 1 is 1.15 bits per heavy atom. The van der Waals surface area contributed by atoms with Gasteiger partial charge < -0.3 is 0 Å². The first kappa shape index (κ1) is 17.5. The molecule has 0 saturated heterocycles. The predicted molar refractivity (Wildman–Crippen MR) is 108 cm³/mol. The minimum atomic E-state index is -0.106. The number of thioether (sulfide) groups is 1. The maximum atomic E-state index is 13.3. The Balaban J connectivity index is 1.92. The predicted octanol–water partition coefficient (Wildman–Crippen LogP) is 4.67. The lowest BCUT2D eigenvalue weighted by atomic mass is 9.99. The minimum absolute atomic E-state index is 0.0474. The molecule has 4 rings (SSSR count). The lowest BCUT2D eigenvalue weighted by Gasteiger charge is -2.21. The first-order valence-corrected chi connectivity index (χ1v) is 10.5. The number of thiophene rings is 1. The van der Waals surface area contributed by atoms with E-state index in [1.165, 1.54) is 11.8 Å². The van der Waals surface area contributed by atoms with Gasteiger partial charge in [0.1, 0.15) is 10.6 Å². The van der Waals surface area contributed by atoms with Gasteiger partial charge in [0.25, 0.3) is 5.56 Å². The third-order valence-corrected chi connectivity index (χ3v) is 7.30. The molecule has 0 radical (unpaired) electrons. The standard InChI is InChI=1S/C20H20N2O2S2/c1-12-13(2)25-18-17(12)19(24)22(14-8-4-3-5-9-14)20(21-18)26-16-11-7-6-10-15(16)23/h3-5,8-9,16H,6-7,10-11H2,1-2H3/t16-/m1/s1. The van der Waals surface area contributed by atoms with Gasteiger partial charge in [-0.2, -0.15) is 0 Å². The number of Topliss-reactive ketones (excluding diaryl/α,β-unsaturated/α-hetero) is 1. The molecule has 0 spiro atoms. The van der Waals surface area contributed by atoms with Gasteiger partial charge in [-0.1, -0.05) is 36.4 Å². The molecule has 4 nitrogen and oxygen atoms in total. The normalized spacial score (nSPS) is 17.8. The van der Waals surface area contributed by atoms with Crippen molar-refractivity contribution in [3.8, 4) is 5.69 Å². The Kier molecular flexibility index (Phi) is 4.71. The Bertz CT molecular complexity index is 1040. The van der Waals surface area contributed by atoms with Crippen LogP contribution >= 0.6 is 23.1 Å². The van der Waals surface area contributed by atoms with E-state index in [2.05, 4.69) is 0 Å². The van der Waals surface area contributed by atoms with Crippen LogP contribution in [0.2, 0.25) is 0 Å². The van der Waals surface area contributed by atoms with Crippen molar-refractivity contribution >= 4 is 39.1 Å². The van der Waals surface area contributed by atoms with Crippen molar-refractivity contribution in [3.63, 3.8) is 0 Å². The molecule has 0 aliphatic heterocycles. The highest BCUT2D eigenvalue weighted by molar-refractivity contribution is 8.00. The fraction of sp³-hybridized carbons (Fsp3) is 0.350. The quantitative estimate of drug-likeness (QED) is 0.616. The smallest absolute Gasteiger partial charge is 0.267 e. The zero-order chi connectivity index (χ0) is 18.3. The van der Waals surface area contributed by atoms with Gasteiger partial charge in [-0.3, -0.25) is 14.2 Å². The summed E-state index contributed by atoms with van der Waals surface area (Å²) in [7, 11) is 0. The minimum Gasteiger partial charge on any atom is -0.298 e. The lowest BCUT2D eigenvalue weighted by Crippen LogP contribution is -2.26. The van der Waals surface area contributed by atoms with Crippen LogP contribution in [0.4, 0.5) is 0 Å². The second-order valence-corrected chi connectivity index (χ2v) is 9.03. The van der Waals surface area contributed by atoms with E-state index in [4.69, 9.17) is 4.98 Å². The summed E-state index contributed by atoms with van der Waals surface area (Å²) < 4.78 is 1.67. The first-order chi connectivity index (χ1) is 12.6. The number of nitrogens with zero attached hydrogens (tertiary/aromatic N) is 2. The van der Waals surface area contributed by atoms with E-state index in [0.29, 0.717) is 17.0 Å². The van der Waals surface area contributed by atoms with Crippen LogP contribution < -0.4 is 5.56 Å². The lowest BCUT2D eigenvalue weighted by molar-refractivity contribution is -0.119. The maximum Gasteiger partial charge on any atom is 0.267 e. The molecule has 0 bridgehead atoms. The summed E-state index contributed by atoms with van der Waals surface area (Å²) in [6.45, 7) is 4.00. The summed E-state index contributed by atoms with van der Waals surface area (Å²) in [5.74, 6) is 0.272. The van der Waals surface area contributed by atoms with Crippen molar-refractivity contribution in [1.82, 2.24) is 9.55 Å². The summed E-state index contributed by atoms with van der Waals surface area (Å²) >= 11 is 3.00. The number of aryl methyl sites for hydroxylation is 2. The van der Waals surface area contributed by atoms with Crippen molar-refractivity contribution in [2.75, 3.05) is 0 Å². The van der Waals surface area contributed by atoms with Crippen LogP contribution in [0.3, 0.4) is 0 Å². The largest absolute Gasteiger partial charge is 0.298 e. The second-order valence-electron chi connectivity index (χ2n) is 6.65. The monoisotopic (exact) mass is 384 g/mol. The number of ketones is 1. The maximum absolute atomic E-state index is 13.3. The highest BCUT2D eigenvalue weighted by atomic mass is 32.2. The van der Waals surface area contributed by atoms with E-state index in [1.807, 2.05) is 44.2 Å². The van der Waals surface area contributed by atoms with E-state index in [1.54, 1.807) is 15.9 Å². The summed E-state index contributed by atoms with van der Waals surface area (Å²) in [4.78, 5) is 32.4. The Morgan fingerprint density at radius 2 is 1.92 bits per heavy atom. The number of carbonyl (C=O) groups is 1. The average molecular weight is 385 g/mol. The number of carbonyl (C=O) groups excluding carboxylic acids is 1. The van der Waals surface area contributed by atoms with Crippen molar-refractivity contribution < 1.29 is 4.79 Å². The molecule has 1 saturated carbocycles. The molecule has 26 heavy (non-hydrogen) atoms. The van der Waals surface area contributed by atoms with Gasteiger partial charge in [-0.25, -0.2) is 4.98 Å². The van der Waals surface area contributed by atoms with Gasteiger partial charge in [0.2, 0.25) is 0 Å². The first-order valence-electron chi connectivity index (χ1n) is 8.84. The van der Waals surface area contributed by atoms with Crippen molar-refractivity contribution in [3.05, 3.63) is 51.1 Å². The number of aromatic nitrogens is 2. The van der Waals surface area contributed by atoms with Gasteiger partial charge in [0.05, 0.1) is 16.3 Å². The third kappa shape index (κ3) is 3.01. The van der Waals surface area contributed by atoms with Gasteiger partial charge in [-0.15, -0.1) is 11.3 Å². The van der Waals surface area contributed by atoms with Crippen LogP contribution in [0.15, 0.2) is 40.3 Å². The molecule has 2 aromatic heterocycles. The molecule has 3 aromatic rings. The Morgan fingerprint density at radius 3 is 2.65 bits per heavy atom. The van der Waals surface area contributed by atoms with Crippen molar-refractivity contribution in [2.24, 2.45) is 0 Å². The van der Waals surface area contributed by atoms with Gasteiger partial charge in [0, 0.05) is 11.3 Å². The zero-order valence-electron chi connectivity index (χ0n) is 14.8. The number of para-hydroxylation sites is 1. The van der Waals surface area contributed by atoms with E-state index in [0.717, 1.165) is 40.2 Å². The van der Waals surface area contributed by atoms with Crippen molar-refractivity contribution in [1.29, 1.82) is 0 Å². The van der Waals surface area contributed by atoms with E-state index < -0.39 is 0 Å². The molecule has 1 aromatic carbocycles. The Hall–Kier alpha value is -1.92. The highest BCUT2D eigenvalue weighted by Crippen LogP contribution is 2.34. The van der Waals surface area contributed by atoms with Gasteiger partial charge >= 0.3 is 0 Å². The number of hydrogen-bond donors (Lipinski definition) is 0. The van der Waals surface area contributed by atoms with Crippen molar-refractivity contribution in [2.45, 2.75) is 49.9 Å². The molecule has 1 fully saturated rings. The second kappa shape index (κ2) is 7.00. The van der Waals surface area contributed by atoms with Gasteiger partial charge in [-0.05, 0) is 44.4 Å². The number of hydrogen-bond acceptors (Lipinski definition) is 5. The fourth-order valence-corrected chi connectivity index (χ4v) is 5.67. The molecule has 6 heteroatoms. The van der Waals surface area contributed by atoms with Crippen LogP contribution in [-0.2, 0) is 4.79 Å². The van der Waals surface area contributed by atoms with Gasteiger partial charge in [0.15, 0.2) is 5.16 Å². The fourth-order valence-electron chi connectivity index (χ4n) is 3.36. The molecule has 0 N–H and O–H groups in total. The number of benzene rings is 1. The SMILES string of the molecule is Cc1sc2nc(S[C@@H]3CCCCC3=O)n(-c3ccccc3)c(=O)c2c1C. The molecule has 1 aliphatic rings. The topological polar surface area (TPSA) is 52.0 Å². The molecular formula is C20H20N2O2S2. The van der Waals surface area contributed by atoms with Crippen LogP contribution in [-0.4, -0.2) is 20.6 Å². The molecule has 0 amide bonds. The van der Waals surface area contributed by atoms with E-state index >= 15 is 0 Å². The molecule has 2 heterocycles. The zero-order valence-corrected chi connectivity index (χ0v) is 16.5. The Labute approximate surface area is 160 Å². The van der Waals surface area contributed by atoms with Crippen LogP contribution in [0.25, 0.3) is 15.9 Å². The molecule has 134 valence electrons. The van der Waals surface area contributed by atoms with E-state index in [9.17, 15) is 9.59 Å². The van der Waals surface area contributed by atoms with E-state index in [-0.39, 0.29) is 16.6 Å². The molecule has 1 atom stereocenters. The third-order valence-electron chi connectivity index (χ3n) is 4.93. The molecule has 0 unspecified atom stereocenters. The average Bonchev–Trinajstić information content (AvgIpc) is 2.92. The highest BCUT2D eigenvalue weighted by Gasteiger charge is 2.26. The number of rotatable bonds is 3. The summed E-state index contributed by atoms with van der Waals surface area (Å²) in [5, 5.41) is 1.20. The van der Waals surface area contributed by atoms with Crippen LogP contribution in [0.5, 0.6) is 0 Å².